The SMILES string of the molecule is O=C(O)[C@H](Cc1cnc[nH]1)NC(=O)N1CC2CCCC2C1. The minimum atomic E-state index is -1.03. The third-order valence-electron chi connectivity index (χ3n) is 4.59. The average Bonchev–Trinajstić information content (AvgIpc) is 3.13. The molecule has 1 aliphatic carbocycles. The van der Waals surface area contributed by atoms with Gasteiger partial charge in [-0.2, -0.15) is 0 Å². The number of rotatable bonds is 4. The standard InChI is InChI=1S/C14H20N4O3/c19-13(20)12(4-11-5-15-8-16-11)17-14(21)18-6-9-2-1-3-10(9)7-18/h5,8-10,12H,1-4,6-7H2,(H,15,16)(H,17,21)(H,19,20)/t9?,10?,12-/m0/s1. The predicted octanol–water partition coefficient (Wildman–Crippen LogP) is 0.847. The Labute approximate surface area is 122 Å². The van der Waals surface area contributed by atoms with Gasteiger partial charge in [0.05, 0.1) is 6.33 Å². The monoisotopic (exact) mass is 292 g/mol. The lowest BCUT2D eigenvalue weighted by Gasteiger charge is -2.21. The number of aromatic nitrogens is 2. The van der Waals surface area contributed by atoms with Crippen molar-refractivity contribution in [1.29, 1.82) is 0 Å². The van der Waals surface area contributed by atoms with Gasteiger partial charge in [-0.15, -0.1) is 0 Å². The maximum Gasteiger partial charge on any atom is 0.326 e. The third-order valence-corrected chi connectivity index (χ3v) is 4.59. The van der Waals surface area contributed by atoms with E-state index >= 15 is 0 Å². The van der Waals surface area contributed by atoms with Crippen molar-refractivity contribution in [3.63, 3.8) is 0 Å². The highest BCUT2D eigenvalue weighted by Gasteiger charge is 2.38. The summed E-state index contributed by atoms with van der Waals surface area (Å²) in [6.45, 7) is 1.51. The van der Waals surface area contributed by atoms with Crippen molar-refractivity contribution in [2.75, 3.05) is 13.1 Å². The topological polar surface area (TPSA) is 98.3 Å². The van der Waals surface area contributed by atoms with Crippen LogP contribution >= 0.6 is 0 Å². The van der Waals surface area contributed by atoms with Crippen LogP contribution in [0.25, 0.3) is 0 Å². The second-order valence-electron chi connectivity index (χ2n) is 5.98. The number of H-pyrrole nitrogens is 1. The first kappa shape index (κ1) is 13.9. The molecule has 2 fully saturated rings. The van der Waals surface area contributed by atoms with Gasteiger partial charge in [-0.3, -0.25) is 0 Å². The van der Waals surface area contributed by atoms with Gasteiger partial charge < -0.3 is 20.3 Å². The number of carboxylic acids is 1. The van der Waals surface area contributed by atoms with Crippen LogP contribution in [0.4, 0.5) is 4.79 Å². The molecule has 1 saturated heterocycles. The van der Waals surface area contributed by atoms with E-state index in [1.807, 2.05) is 0 Å². The highest BCUT2D eigenvalue weighted by Crippen LogP contribution is 2.37. The van der Waals surface area contributed by atoms with Gasteiger partial charge in [-0.05, 0) is 24.7 Å². The Bertz CT molecular complexity index is 504. The van der Waals surface area contributed by atoms with Crippen LogP contribution in [0.3, 0.4) is 0 Å². The van der Waals surface area contributed by atoms with Gasteiger partial charge in [0, 0.05) is 31.4 Å². The molecule has 3 N–H and O–H groups in total. The summed E-state index contributed by atoms with van der Waals surface area (Å²) >= 11 is 0. The normalized spacial score (nSPS) is 25.6. The number of carbonyl (C=O) groups is 2. The molecule has 1 aromatic rings. The molecular formula is C14H20N4O3. The summed E-state index contributed by atoms with van der Waals surface area (Å²) in [5.74, 6) is 0.176. The molecule has 0 radical (unpaired) electrons. The van der Waals surface area contributed by atoms with Crippen molar-refractivity contribution >= 4 is 12.0 Å². The lowest BCUT2D eigenvalue weighted by Crippen LogP contribution is -2.48. The number of urea groups is 1. The Hall–Kier alpha value is -2.05. The zero-order valence-electron chi connectivity index (χ0n) is 11.8. The van der Waals surface area contributed by atoms with Crippen LogP contribution in [-0.4, -0.2) is 51.1 Å². The molecule has 7 heteroatoms. The Kier molecular flexibility index (Phi) is 3.81. The van der Waals surface area contributed by atoms with Crippen LogP contribution in [0.2, 0.25) is 0 Å². The van der Waals surface area contributed by atoms with Gasteiger partial charge in [0.15, 0.2) is 0 Å². The van der Waals surface area contributed by atoms with Crippen LogP contribution in [0.1, 0.15) is 25.0 Å². The van der Waals surface area contributed by atoms with Crippen molar-refractivity contribution in [2.45, 2.75) is 31.7 Å². The van der Waals surface area contributed by atoms with Crippen LogP contribution < -0.4 is 5.32 Å². The Morgan fingerprint density at radius 1 is 1.43 bits per heavy atom. The molecule has 0 aromatic carbocycles. The maximum atomic E-state index is 12.2. The molecule has 2 heterocycles. The van der Waals surface area contributed by atoms with Crippen molar-refractivity contribution in [2.24, 2.45) is 11.8 Å². The average molecular weight is 292 g/mol. The second kappa shape index (κ2) is 5.75. The molecule has 2 unspecified atom stereocenters. The summed E-state index contributed by atoms with van der Waals surface area (Å²) in [7, 11) is 0. The van der Waals surface area contributed by atoms with Crippen molar-refractivity contribution in [3.05, 3.63) is 18.2 Å². The number of likely N-dealkylation sites (tertiary alicyclic amines) is 1. The number of nitrogens with zero attached hydrogens (tertiary/aromatic N) is 2. The van der Waals surface area contributed by atoms with Crippen LogP contribution in [-0.2, 0) is 11.2 Å². The van der Waals surface area contributed by atoms with E-state index in [4.69, 9.17) is 0 Å². The van der Waals surface area contributed by atoms with E-state index in [2.05, 4.69) is 15.3 Å². The molecule has 7 nitrogen and oxygen atoms in total. The minimum Gasteiger partial charge on any atom is -0.480 e. The fraction of sp³-hybridized carbons (Fsp3) is 0.643. The van der Waals surface area contributed by atoms with Gasteiger partial charge in [0.25, 0.3) is 0 Å². The van der Waals surface area contributed by atoms with Gasteiger partial charge in [-0.1, -0.05) is 6.42 Å². The van der Waals surface area contributed by atoms with E-state index in [0.29, 0.717) is 17.5 Å². The Morgan fingerprint density at radius 2 is 2.14 bits per heavy atom. The quantitative estimate of drug-likeness (QED) is 0.766. The molecule has 2 amide bonds. The highest BCUT2D eigenvalue weighted by molar-refractivity contribution is 5.83. The zero-order chi connectivity index (χ0) is 14.8. The van der Waals surface area contributed by atoms with Crippen molar-refractivity contribution < 1.29 is 14.7 Å². The highest BCUT2D eigenvalue weighted by atomic mass is 16.4. The molecule has 1 saturated carbocycles. The number of carbonyl (C=O) groups excluding carboxylic acids is 1. The van der Waals surface area contributed by atoms with E-state index in [-0.39, 0.29) is 12.5 Å². The summed E-state index contributed by atoms with van der Waals surface area (Å²) < 4.78 is 0. The van der Waals surface area contributed by atoms with Crippen molar-refractivity contribution in [1.82, 2.24) is 20.2 Å². The number of imidazole rings is 1. The number of amides is 2. The lowest BCUT2D eigenvalue weighted by molar-refractivity contribution is -0.139. The largest absolute Gasteiger partial charge is 0.480 e. The number of nitrogens with one attached hydrogen (secondary N) is 2. The van der Waals surface area contributed by atoms with E-state index in [1.165, 1.54) is 25.6 Å². The predicted molar refractivity (Wildman–Crippen MR) is 74.7 cm³/mol. The minimum absolute atomic E-state index is 0.210. The van der Waals surface area contributed by atoms with Gasteiger partial charge in [0.2, 0.25) is 0 Å². The van der Waals surface area contributed by atoms with Crippen molar-refractivity contribution in [3.8, 4) is 0 Å². The van der Waals surface area contributed by atoms with E-state index in [0.717, 1.165) is 13.1 Å². The zero-order valence-corrected chi connectivity index (χ0v) is 11.8. The Morgan fingerprint density at radius 3 is 2.71 bits per heavy atom. The smallest absolute Gasteiger partial charge is 0.326 e. The second-order valence-corrected chi connectivity index (χ2v) is 5.98. The molecule has 21 heavy (non-hydrogen) atoms. The molecule has 2 aliphatic rings. The molecule has 3 rings (SSSR count). The molecule has 1 aliphatic heterocycles. The number of aromatic amines is 1. The molecule has 0 spiro atoms. The Balaban J connectivity index is 1.58. The first-order chi connectivity index (χ1) is 10.1. The fourth-order valence-corrected chi connectivity index (χ4v) is 3.46. The summed E-state index contributed by atoms with van der Waals surface area (Å²) in [4.78, 5) is 32.0. The van der Waals surface area contributed by atoms with Crippen LogP contribution in [0.15, 0.2) is 12.5 Å². The molecular weight excluding hydrogens is 272 g/mol. The third kappa shape index (κ3) is 3.01. The molecule has 114 valence electrons. The summed E-state index contributed by atoms with van der Waals surface area (Å²) in [5, 5.41) is 11.9. The summed E-state index contributed by atoms with van der Waals surface area (Å²) in [6, 6.07) is -1.20. The van der Waals surface area contributed by atoms with E-state index < -0.39 is 12.0 Å². The maximum absolute atomic E-state index is 12.2. The number of aliphatic carboxylic acids is 1. The lowest BCUT2D eigenvalue weighted by atomic mass is 10.0. The van der Waals surface area contributed by atoms with E-state index in [9.17, 15) is 14.7 Å². The number of carboxylic acid groups (broad SMARTS) is 1. The van der Waals surface area contributed by atoms with Crippen LogP contribution in [0.5, 0.6) is 0 Å². The van der Waals surface area contributed by atoms with E-state index in [1.54, 1.807) is 11.1 Å². The summed E-state index contributed by atoms with van der Waals surface area (Å²) in [6.07, 6.45) is 6.90. The first-order valence-electron chi connectivity index (χ1n) is 7.39. The first-order valence-corrected chi connectivity index (χ1v) is 7.39. The summed E-state index contributed by atoms with van der Waals surface area (Å²) in [5.41, 5.74) is 0.695. The number of hydrogen-bond acceptors (Lipinski definition) is 3. The van der Waals surface area contributed by atoms with Gasteiger partial charge in [-0.25, -0.2) is 14.6 Å². The van der Waals surface area contributed by atoms with Gasteiger partial charge >= 0.3 is 12.0 Å². The number of fused-ring (bicyclic) bond motifs is 1. The molecule has 1 aromatic heterocycles. The van der Waals surface area contributed by atoms with Gasteiger partial charge in [0.1, 0.15) is 6.04 Å². The fourth-order valence-electron chi connectivity index (χ4n) is 3.46. The number of hydrogen-bond donors (Lipinski definition) is 3. The van der Waals surface area contributed by atoms with Crippen LogP contribution in [0, 0.1) is 11.8 Å². The molecule has 0 bridgehead atoms. The molecule has 3 atom stereocenters.